The molecule has 3 amide bonds. The molecule has 0 atom stereocenters. The van der Waals surface area contributed by atoms with E-state index in [0.717, 1.165) is 17.2 Å². The first kappa shape index (κ1) is 21.5. The second-order valence-corrected chi connectivity index (χ2v) is 6.19. The van der Waals surface area contributed by atoms with Crippen LogP contribution in [0.1, 0.15) is 16.7 Å². The Morgan fingerprint density at radius 1 is 1.10 bits per heavy atom. The third kappa shape index (κ3) is 6.69. The zero-order valence-electron chi connectivity index (χ0n) is 16.3. The number of aromatic hydroxyl groups is 1. The van der Waals surface area contributed by atoms with Crippen molar-refractivity contribution in [2.75, 3.05) is 19.0 Å². The number of esters is 1. The Bertz CT molecular complexity index is 952. The molecule has 2 rings (SSSR count). The zero-order chi connectivity index (χ0) is 21.4. The number of hydrogen-bond acceptors (Lipinski definition) is 6. The van der Waals surface area contributed by atoms with Gasteiger partial charge >= 0.3 is 12.0 Å². The Hall–Kier alpha value is -3.81. The molecule has 3 N–H and O–H groups in total. The second kappa shape index (κ2) is 9.93. The van der Waals surface area contributed by atoms with E-state index < -0.39 is 24.5 Å². The third-order valence-corrected chi connectivity index (χ3v) is 3.84. The zero-order valence-corrected chi connectivity index (χ0v) is 16.3. The molecule has 0 saturated heterocycles. The molecule has 0 spiro atoms. The van der Waals surface area contributed by atoms with Crippen LogP contribution in [0.15, 0.2) is 42.5 Å². The van der Waals surface area contributed by atoms with Gasteiger partial charge in [-0.3, -0.25) is 10.1 Å². The van der Waals surface area contributed by atoms with E-state index in [4.69, 9.17) is 9.47 Å². The highest BCUT2D eigenvalue weighted by atomic mass is 16.5. The molecule has 0 aliphatic heterocycles. The maximum absolute atomic E-state index is 11.9. The summed E-state index contributed by atoms with van der Waals surface area (Å²) in [5.41, 5.74) is 3.07. The van der Waals surface area contributed by atoms with Crippen LogP contribution >= 0.6 is 0 Å². The number of phenols is 1. The Balaban J connectivity index is 1.80. The van der Waals surface area contributed by atoms with Gasteiger partial charge in [-0.2, -0.15) is 0 Å². The van der Waals surface area contributed by atoms with Crippen molar-refractivity contribution in [2.24, 2.45) is 0 Å². The molecular weight excluding hydrogens is 376 g/mol. The molecule has 0 aromatic heterocycles. The van der Waals surface area contributed by atoms with Crippen LogP contribution in [-0.2, 0) is 14.3 Å². The van der Waals surface area contributed by atoms with E-state index in [9.17, 15) is 19.5 Å². The van der Waals surface area contributed by atoms with Crippen molar-refractivity contribution in [3.05, 3.63) is 59.2 Å². The minimum Gasteiger partial charge on any atom is -0.504 e. The lowest BCUT2D eigenvalue weighted by atomic mass is 10.1. The van der Waals surface area contributed by atoms with E-state index in [1.54, 1.807) is 12.1 Å². The maximum Gasteiger partial charge on any atom is 0.331 e. The number of anilines is 1. The van der Waals surface area contributed by atoms with E-state index in [1.165, 1.54) is 25.3 Å². The van der Waals surface area contributed by atoms with Crippen molar-refractivity contribution in [3.8, 4) is 11.5 Å². The fourth-order valence-electron chi connectivity index (χ4n) is 2.42. The van der Waals surface area contributed by atoms with Crippen molar-refractivity contribution in [1.29, 1.82) is 0 Å². The van der Waals surface area contributed by atoms with Crippen LogP contribution < -0.4 is 15.4 Å². The predicted molar refractivity (Wildman–Crippen MR) is 108 cm³/mol. The number of benzene rings is 2. The Kier molecular flexibility index (Phi) is 7.36. The number of urea groups is 1. The number of carbonyl (C=O) groups excluding carboxylic acids is 3. The molecule has 2 aromatic carbocycles. The molecule has 2 aromatic rings. The van der Waals surface area contributed by atoms with E-state index in [1.807, 2.05) is 26.0 Å². The monoisotopic (exact) mass is 398 g/mol. The van der Waals surface area contributed by atoms with Gasteiger partial charge in [0.1, 0.15) is 0 Å². The number of hydrogen-bond donors (Lipinski definition) is 3. The van der Waals surface area contributed by atoms with Gasteiger partial charge in [-0.05, 0) is 49.2 Å². The number of methoxy groups -OCH3 is 1. The minimum atomic E-state index is -0.764. The molecule has 8 heteroatoms. The largest absolute Gasteiger partial charge is 0.504 e. The summed E-state index contributed by atoms with van der Waals surface area (Å²) in [6.07, 6.45) is 2.56. The molecule has 0 radical (unpaired) electrons. The van der Waals surface area contributed by atoms with Gasteiger partial charge in [0.2, 0.25) is 0 Å². The first-order valence-electron chi connectivity index (χ1n) is 8.68. The lowest BCUT2D eigenvalue weighted by Gasteiger charge is -2.09. The highest BCUT2D eigenvalue weighted by molar-refractivity contribution is 6.02. The Morgan fingerprint density at radius 2 is 1.86 bits per heavy atom. The van der Waals surface area contributed by atoms with E-state index in [-0.39, 0.29) is 11.5 Å². The smallest absolute Gasteiger partial charge is 0.331 e. The van der Waals surface area contributed by atoms with E-state index in [2.05, 4.69) is 10.6 Å². The Labute approximate surface area is 168 Å². The van der Waals surface area contributed by atoms with Gasteiger partial charge in [0.15, 0.2) is 18.1 Å². The van der Waals surface area contributed by atoms with Gasteiger partial charge in [-0.15, -0.1) is 0 Å². The Morgan fingerprint density at radius 3 is 2.55 bits per heavy atom. The van der Waals surface area contributed by atoms with Crippen LogP contribution in [-0.4, -0.2) is 36.7 Å². The van der Waals surface area contributed by atoms with Crippen LogP contribution in [0.2, 0.25) is 0 Å². The molecule has 29 heavy (non-hydrogen) atoms. The quantitative estimate of drug-likeness (QED) is 0.509. The van der Waals surface area contributed by atoms with Gasteiger partial charge in [0.25, 0.3) is 5.91 Å². The van der Waals surface area contributed by atoms with Gasteiger partial charge in [-0.25, -0.2) is 9.59 Å². The van der Waals surface area contributed by atoms with Gasteiger partial charge in [0.05, 0.1) is 7.11 Å². The topological polar surface area (TPSA) is 114 Å². The first-order valence-corrected chi connectivity index (χ1v) is 8.68. The lowest BCUT2D eigenvalue weighted by molar-refractivity contribution is -0.143. The molecular formula is C21H22N2O6. The van der Waals surface area contributed by atoms with Gasteiger partial charge < -0.3 is 19.9 Å². The van der Waals surface area contributed by atoms with Crippen LogP contribution in [0.25, 0.3) is 6.08 Å². The number of amides is 3. The number of nitrogens with one attached hydrogen (secondary N) is 2. The van der Waals surface area contributed by atoms with Crippen LogP contribution in [0.3, 0.4) is 0 Å². The molecule has 0 aliphatic carbocycles. The average molecular weight is 398 g/mol. The highest BCUT2D eigenvalue weighted by Gasteiger charge is 2.11. The van der Waals surface area contributed by atoms with Crippen molar-refractivity contribution >= 4 is 29.7 Å². The van der Waals surface area contributed by atoms with Crippen molar-refractivity contribution in [1.82, 2.24) is 5.32 Å². The molecule has 0 bridgehead atoms. The average Bonchev–Trinajstić information content (AvgIpc) is 2.68. The summed E-state index contributed by atoms with van der Waals surface area (Å²) in [6.45, 7) is 3.16. The molecule has 0 saturated carbocycles. The standard InChI is InChI=1S/C21H22N2O6/c1-13-4-7-16(14(2)10-13)22-21(27)23-19(25)12-29-20(26)9-6-15-5-8-17(24)18(11-15)28-3/h4-11,24H,12H2,1-3H3,(H2,22,23,25,27)/b9-6+. The fraction of sp³-hybridized carbons (Fsp3) is 0.190. The molecule has 0 heterocycles. The van der Waals surface area contributed by atoms with Gasteiger partial charge in [0, 0.05) is 11.8 Å². The van der Waals surface area contributed by atoms with Crippen LogP contribution in [0.5, 0.6) is 11.5 Å². The summed E-state index contributed by atoms with van der Waals surface area (Å²) >= 11 is 0. The minimum absolute atomic E-state index is 0.0250. The summed E-state index contributed by atoms with van der Waals surface area (Å²) in [6, 6.07) is 9.28. The SMILES string of the molecule is COc1cc(/C=C/C(=O)OCC(=O)NC(=O)Nc2ccc(C)cc2C)ccc1O. The number of rotatable bonds is 6. The van der Waals surface area contributed by atoms with E-state index >= 15 is 0 Å². The summed E-state index contributed by atoms with van der Waals surface area (Å²) < 4.78 is 9.77. The molecule has 0 unspecified atom stereocenters. The van der Waals surface area contributed by atoms with Crippen molar-refractivity contribution in [2.45, 2.75) is 13.8 Å². The number of aryl methyl sites for hydroxylation is 2. The number of carbonyl (C=O) groups is 3. The second-order valence-electron chi connectivity index (χ2n) is 6.19. The normalized spacial score (nSPS) is 10.4. The molecule has 152 valence electrons. The van der Waals surface area contributed by atoms with Gasteiger partial charge in [-0.1, -0.05) is 23.8 Å². The van der Waals surface area contributed by atoms with E-state index in [0.29, 0.717) is 11.3 Å². The van der Waals surface area contributed by atoms with Crippen LogP contribution in [0.4, 0.5) is 10.5 Å². The third-order valence-electron chi connectivity index (χ3n) is 3.84. The number of imide groups is 1. The predicted octanol–water partition coefficient (Wildman–Crippen LogP) is 2.92. The highest BCUT2D eigenvalue weighted by Crippen LogP contribution is 2.26. The first-order chi connectivity index (χ1) is 13.8. The molecule has 0 aliphatic rings. The van der Waals surface area contributed by atoms with Crippen molar-refractivity contribution in [3.63, 3.8) is 0 Å². The molecule has 0 fully saturated rings. The lowest BCUT2D eigenvalue weighted by Crippen LogP contribution is -2.37. The van der Waals surface area contributed by atoms with Crippen LogP contribution in [0, 0.1) is 13.8 Å². The molecule has 8 nitrogen and oxygen atoms in total. The maximum atomic E-state index is 11.9. The number of ether oxygens (including phenoxy) is 2. The summed E-state index contributed by atoms with van der Waals surface area (Å²) in [4.78, 5) is 35.4. The van der Waals surface area contributed by atoms with Crippen molar-refractivity contribution < 1.29 is 29.0 Å². The summed E-state index contributed by atoms with van der Waals surface area (Å²) in [7, 11) is 1.41. The fourth-order valence-corrected chi connectivity index (χ4v) is 2.42. The number of phenolic OH excluding ortho intramolecular Hbond substituents is 1. The summed E-state index contributed by atoms with van der Waals surface area (Å²) in [5.74, 6) is -1.29. The summed E-state index contributed by atoms with van der Waals surface area (Å²) in [5, 5.41) is 14.2.